The largest absolute Gasteiger partial charge is 0.310 e. The minimum absolute atomic E-state index is 0.0932. The van der Waals surface area contributed by atoms with Gasteiger partial charge in [0.2, 0.25) is 0 Å². The second-order valence-corrected chi connectivity index (χ2v) is 15.8. The lowest BCUT2D eigenvalue weighted by molar-refractivity contribution is 0.641. The number of hydrogen-bond acceptors (Lipinski definition) is 1. The van der Waals surface area contributed by atoms with E-state index >= 15 is 0 Å². The first-order chi connectivity index (χ1) is 29.0. The summed E-state index contributed by atoms with van der Waals surface area (Å²) in [6.45, 7) is 4.60. The van der Waals surface area contributed by atoms with Crippen LogP contribution < -0.4 is 4.90 Å². The zero-order chi connectivity index (χ0) is 39.8. The van der Waals surface area contributed by atoms with Crippen LogP contribution in [0.15, 0.2) is 231 Å². The van der Waals surface area contributed by atoms with Gasteiger partial charge in [0.25, 0.3) is 0 Å². The molecular formula is C57H44N2. The standard InChI is InChI=1S/C57H44N2/c1-57(2,47-20-10-5-11-21-47)48-31-25-45(26-32-48)46-19-14-22-51(39-46)59-55-24-13-12-23-53(55)54-38-37-52(40-56(54)59)58(49-33-27-43(28-34-49)41-15-6-3-7-16-41)50-35-29-44(30-36-50)42-17-8-4-9-18-42/h3-40H,1-2H3. The first-order valence-electron chi connectivity index (χ1n) is 20.4. The van der Waals surface area contributed by atoms with E-state index in [0.29, 0.717) is 0 Å². The molecule has 0 fully saturated rings. The summed E-state index contributed by atoms with van der Waals surface area (Å²) in [7, 11) is 0. The van der Waals surface area contributed by atoms with Gasteiger partial charge < -0.3 is 9.47 Å². The van der Waals surface area contributed by atoms with E-state index in [-0.39, 0.29) is 5.41 Å². The monoisotopic (exact) mass is 756 g/mol. The van der Waals surface area contributed by atoms with Gasteiger partial charge in [-0.2, -0.15) is 0 Å². The maximum atomic E-state index is 2.43. The summed E-state index contributed by atoms with van der Waals surface area (Å²) in [6, 6.07) is 83.6. The normalized spacial score (nSPS) is 11.6. The molecule has 0 saturated heterocycles. The van der Waals surface area contributed by atoms with Crippen molar-refractivity contribution in [2.24, 2.45) is 0 Å². The Morgan fingerprint density at radius 2 is 0.763 bits per heavy atom. The van der Waals surface area contributed by atoms with Crippen LogP contribution in [0.5, 0.6) is 0 Å². The van der Waals surface area contributed by atoms with Gasteiger partial charge in [0, 0.05) is 38.9 Å². The van der Waals surface area contributed by atoms with E-state index in [1.807, 2.05) is 0 Å². The molecule has 59 heavy (non-hydrogen) atoms. The van der Waals surface area contributed by atoms with Crippen LogP contribution in [0.25, 0.3) is 60.9 Å². The molecule has 0 aliphatic heterocycles. The van der Waals surface area contributed by atoms with E-state index in [1.165, 1.54) is 60.8 Å². The van der Waals surface area contributed by atoms with Crippen molar-refractivity contribution < 1.29 is 0 Å². The van der Waals surface area contributed by atoms with Gasteiger partial charge in [-0.25, -0.2) is 0 Å². The molecule has 0 radical (unpaired) electrons. The van der Waals surface area contributed by atoms with Crippen LogP contribution >= 0.6 is 0 Å². The zero-order valence-corrected chi connectivity index (χ0v) is 33.3. The van der Waals surface area contributed by atoms with Gasteiger partial charge in [-0.15, -0.1) is 0 Å². The molecule has 0 saturated carbocycles. The summed E-state index contributed by atoms with van der Waals surface area (Å²) in [5, 5.41) is 2.46. The third-order valence-electron chi connectivity index (χ3n) is 11.9. The lowest BCUT2D eigenvalue weighted by atomic mass is 9.78. The number of aromatic nitrogens is 1. The van der Waals surface area contributed by atoms with E-state index < -0.39 is 0 Å². The number of hydrogen-bond donors (Lipinski definition) is 0. The van der Waals surface area contributed by atoms with Crippen LogP contribution in [-0.2, 0) is 5.41 Å². The van der Waals surface area contributed by atoms with E-state index in [2.05, 4.69) is 254 Å². The van der Waals surface area contributed by atoms with Crippen molar-refractivity contribution in [3.05, 3.63) is 242 Å². The molecule has 282 valence electrons. The molecule has 0 aliphatic carbocycles. The second-order valence-electron chi connectivity index (χ2n) is 15.8. The quantitative estimate of drug-likeness (QED) is 0.142. The van der Waals surface area contributed by atoms with E-state index in [0.717, 1.165) is 28.3 Å². The molecule has 0 atom stereocenters. The number of para-hydroxylation sites is 1. The molecular weight excluding hydrogens is 713 g/mol. The fourth-order valence-corrected chi connectivity index (χ4v) is 8.62. The molecule has 10 aromatic rings. The smallest absolute Gasteiger partial charge is 0.0561 e. The maximum Gasteiger partial charge on any atom is 0.0561 e. The fourth-order valence-electron chi connectivity index (χ4n) is 8.62. The van der Waals surface area contributed by atoms with Crippen molar-refractivity contribution >= 4 is 38.9 Å². The van der Waals surface area contributed by atoms with Crippen molar-refractivity contribution in [3.63, 3.8) is 0 Å². The molecule has 2 heteroatoms. The predicted molar refractivity (Wildman–Crippen MR) is 250 cm³/mol. The number of rotatable bonds is 9. The van der Waals surface area contributed by atoms with Gasteiger partial charge in [0.1, 0.15) is 0 Å². The second kappa shape index (κ2) is 15.2. The minimum atomic E-state index is -0.0932. The molecule has 10 rings (SSSR count). The van der Waals surface area contributed by atoms with Gasteiger partial charge in [0.15, 0.2) is 0 Å². The summed E-state index contributed by atoms with van der Waals surface area (Å²) in [5.74, 6) is 0. The molecule has 9 aromatic carbocycles. The Morgan fingerprint density at radius 1 is 0.322 bits per heavy atom. The van der Waals surface area contributed by atoms with Crippen LogP contribution in [0.4, 0.5) is 17.1 Å². The maximum absolute atomic E-state index is 2.43. The summed E-state index contributed by atoms with van der Waals surface area (Å²) >= 11 is 0. The van der Waals surface area contributed by atoms with Crippen LogP contribution in [0.1, 0.15) is 25.0 Å². The first kappa shape index (κ1) is 36.0. The van der Waals surface area contributed by atoms with Crippen LogP contribution in [0, 0.1) is 0 Å². The lowest BCUT2D eigenvalue weighted by Gasteiger charge is -2.26. The van der Waals surface area contributed by atoms with Crippen molar-refractivity contribution in [2.45, 2.75) is 19.3 Å². The predicted octanol–water partition coefficient (Wildman–Crippen LogP) is 15.6. The molecule has 0 aliphatic rings. The van der Waals surface area contributed by atoms with Crippen LogP contribution in [0.2, 0.25) is 0 Å². The average Bonchev–Trinajstić information content (AvgIpc) is 3.64. The molecule has 0 unspecified atom stereocenters. The molecule has 1 aromatic heterocycles. The number of nitrogens with zero attached hydrogens (tertiary/aromatic N) is 2. The highest BCUT2D eigenvalue weighted by molar-refractivity contribution is 6.10. The highest BCUT2D eigenvalue weighted by Crippen LogP contribution is 2.41. The average molecular weight is 757 g/mol. The molecule has 0 amide bonds. The van der Waals surface area contributed by atoms with E-state index in [4.69, 9.17) is 0 Å². The SMILES string of the molecule is CC(C)(c1ccccc1)c1ccc(-c2cccc(-n3c4ccccc4c4ccc(N(c5ccc(-c6ccccc6)cc5)c5ccc(-c6ccccc6)cc5)cc43)c2)cc1. The van der Waals surface area contributed by atoms with Crippen LogP contribution in [-0.4, -0.2) is 4.57 Å². The summed E-state index contributed by atoms with van der Waals surface area (Å²) in [6.07, 6.45) is 0. The van der Waals surface area contributed by atoms with Gasteiger partial charge in [-0.1, -0.05) is 190 Å². The van der Waals surface area contributed by atoms with E-state index in [9.17, 15) is 0 Å². The van der Waals surface area contributed by atoms with Gasteiger partial charge >= 0.3 is 0 Å². The summed E-state index contributed by atoms with van der Waals surface area (Å²) < 4.78 is 2.43. The minimum Gasteiger partial charge on any atom is -0.310 e. The Hall–Kier alpha value is -7.42. The first-order valence-corrected chi connectivity index (χ1v) is 20.4. The zero-order valence-electron chi connectivity index (χ0n) is 33.3. The third kappa shape index (κ3) is 6.79. The molecule has 2 nitrogen and oxygen atoms in total. The highest BCUT2D eigenvalue weighted by Gasteiger charge is 2.23. The Balaban J connectivity index is 1.08. The molecule has 0 N–H and O–H groups in total. The Morgan fingerprint density at radius 3 is 1.37 bits per heavy atom. The summed E-state index contributed by atoms with van der Waals surface area (Å²) in [4.78, 5) is 2.37. The number of anilines is 3. The van der Waals surface area contributed by atoms with Gasteiger partial charge in [-0.05, 0) is 99.1 Å². The van der Waals surface area contributed by atoms with Crippen molar-refractivity contribution in [3.8, 4) is 39.1 Å². The van der Waals surface area contributed by atoms with E-state index in [1.54, 1.807) is 0 Å². The Kier molecular flexibility index (Phi) is 9.24. The van der Waals surface area contributed by atoms with Gasteiger partial charge in [-0.3, -0.25) is 0 Å². The Labute approximate surface area is 346 Å². The topological polar surface area (TPSA) is 8.17 Å². The van der Waals surface area contributed by atoms with Crippen molar-refractivity contribution in [1.82, 2.24) is 4.57 Å². The fraction of sp³-hybridized carbons (Fsp3) is 0.0526. The van der Waals surface area contributed by atoms with Crippen molar-refractivity contribution in [1.29, 1.82) is 0 Å². The lowest BCUT2D eigenvalue weighted by Crippen LogP contribution is -2.18. The number of benzene rings is 9. The summed E-state index contributed by atoms with van der Waals surface area (Å²) in [5.41, 5.74) is 16.5. The van der Waals surface area contributed by atoms with Gasteiger partial charge in [0.05, 0.1) is 11.0 Å². The highest BCUT2D eigenvalue weighted by atomic mass is 15.1. The number of fused-ring (bicyclic) bond motifs is 3. The van der Waals surface area contributed by atoms with Crippen LogP contribution in [0.3, 0.4) is 0 Å². The molecule has 0 bridgehead atoms. The van der Waals surface area contributed by atoms with Crippen molar-refractivity contribution in [2.75, 3.05) is 4.90 Å². The molecule has 0 spiro atoms. The third-order valence-corrected chi connectivity index (χ3v) is 11.9. The Bertz CT molecular complexity index is 2930. The molecule has 1 heterocycles.